The molecule has 6 rings (SSSR count). The van der Waals surface area contributed by atoms with Gasteiger partial charge in [0.2, 0.25) is 5.01 Å². The number of carboxylic acid groups (broad SMARTS) is 1. The van der Waals surface area contributed by atoms with Crippen molar-refractivity contribution < 1.29 is 19.4 Å². The highest BCUT2D eigenvalue weighted by atomic mass is 35.5. The van der Waals surface area contributed by atoms with Crippen LogP contribution in [0, 0.1) is 0 Å². The molecule has 0 aliphatic carbocycles. The molecule has 0 radical (unpaired) electrons. The van der Waals surface area contributed by atoms with Crippen LogP contribution in [0.1, 0.15) is 52.6 Å². The summed E-state index contributed by atoms with van der Waals surface area (Å²) in [5, 5.41) is 9.81. The maximum absolute atomic E-state index is 11.2. The van der Waals surface area contributed by atoms with Crippen LogP contribution >= 0.6 is 22.9 Å². The lowest BCUT2D eigenvalue weighted by atomic mass is 9.88. The molecule has 2 aliphatic rings. The van der Waals surface area contributed by atoms with Crippen LogP contribution in [-0.2, 0) is 19.4 Å². The molecular formula is C25H24ClN5O4S. The molecule has 1 atom stereocenters. The maximum Gasteiger partial charge on any atom is 0.365 e. The Bertz CT molecular complexity index is 1460. The Morgan fingerprint density at radius 3 is 2.72 bits per heavy atom. The lowest BCUT2D eigenvalue weighted by molar-refractivity contribution is -0.0722. The van der Waals surface area contributed by atoms with Crippen LogP contribution in [0.5, 0.6) is 11.5 Å². The molecular weight excluding hydrogens is 502 g/mol. The molecule has 5 heterocycles. The maximum atomic E-state index is 11.2. The number of fused-ring (bicyclic) bond motifs is 2. The Kier molecular flexibility index (Phi) is 5.62. The molecule has 0 amide bonds. The van der Waals surface area contributed by atoms with Gasteiger partial charge in [0.1, 0.15) is 11.5 Å². The van der Waals surface area contributed by atoms with Gasteiger partial charge in [-0.05, 0) is 50.0 Å². The van der Waals surface area contributed by atoms with E-state index >= 15 is 0 Å². The van der Waals surface area contributed by atoms with E-state index in [2.05, 4.69) is 25.9 Å². The second-order valence-corrected chi connectivity index (χ2v) is 10.7. The van der Waals surface area contributed by atoms with Crippen LogP contribution in [0.2, 0.25) is 5.02 Å². The van der Waals surface area contributed by atoms with E-state index in [0.717, 1.165) is 60.2 Å². The standard InChI is InChI=1S/C25H24ClN5O4S/c1-25(18-7-6-15(26)12-27-18)34-17-5-3-4-16(20(17)35-25)14-8-10-31(11-9-14)13-19-28-22-21(30(19)2)29-23(36-22)24(32)33/h3-7,12,14H,8-11,13H2,1-2H3,(H,32,33)/t25-/m0/s1. The van der Waals surface area contributed by atoms with Gasteiger partial charge in [0, 0.05) is 25.7 Å². The number of benzene rings is 1. The van der Waals surface area contributed by atoms with Crippen LogP contribution in [0.4, 0.5) is 0 Å². The Morgan fingerprint density at radius 2 is 2.03 bits per heavy atom. The first kappa shape index (κ1) is 23.2. The van der Waals surface area contributed by atoms with Gasteiger partial charge < -0.3 is 19.1 Å². The summed E-state index contributed by atoms with van der Waals surface area (Å²) < 4.78 is 14.5. The van der Waals surface area contributed by atoms with Crippen molar-refractivity contribution in [1.29, 1.82) is 0 Å². The number of piperidine rings is 1. The van der Waals surface area contributed by atoms with Gasteiger partial charge in [0.05, 0.1) is 11.6 Å². The van der Waals surface area contributed by atoms with Gasteiger partial charge in [-0.25, -0.2) is 14.8 Å². The number of hydrogen-bond donors (Lipinski definition) is 1. The summed E-state index contributed by atoms with van der Waals surface area (Å²) in [4.78, 5) is 27.5. The number of carboxylic acids is 1. The van der Waals surface area contributed by atoms with Crippen LogP contribution in [0.25, 0.3) is 10.5 Å². The largest absolute Gasteiger partial charge is 0.476 e. The van der Waals surface area contributed by atoms with Crippen molar-refractivity contribution >= 4 is 39.4 Å². The molecule has 1 saturated heterocycles. The van der Waals surface area contributed by atoms with Crippen molar-refractivity contribution in [3.8, 4) is 11.5 Å². The minimum Gasteiger partial charge on any atom is -0.476 e. The van der Waals surface area contributed by atoms with Gasteiger partial charge in [0.15, 0.2) is 22.0 Å². The number of para-hydroxylation sites is 1. The number of thiazole rings is 1. The summed E-state index contributed by atoms with van der Waals surface area (Å²) in [5.41, 5.74) is 2.45. The smallest absolute Gasteiger partial charge is 0.365 e. The number of aryl methyl sites for hydroxylation is 1. The lowest BCUT2D eigenvalue weighted by Crippen LogP contribution is -2.34. The van der Waals surface area contributed by atoms with Crippen LogP contribution in [-0.4, -0.2) is 48.6 Å². The Hall–Kier alpha value is -3.21. The fraction of sp³-hybridized carbons (Fsp3) is 0.360. The number of carbonyl (C=O) groups is 1. The monoisotopic (exact) mass is 525 g/mol. The molecule has 1 fully saturated rings. The van der Waals surface area contributed by atoms with E-state index in [-0.39, 0.29) is 5.01 Å². The summed E-state index contributed by atoms with van der Waals surface area (Å²) in [7, 11) is 1.89. The molecule has 1 N–H and O–H groups in total. The molecule has 4 aromatic rings. The third-order valence-electron chi connectivity index (χ3n) is 6.91. The zero-order valence-corrected chi connectivity index (χ0v) is 21.3. The fourth-order valence-electron chi connectivity index (χ4n) is 4.96. The summed E-state index contributed by atoms with van der Waals surface area (Å²) >= 11 is 7.12. The van der Waals surface area contributed by atoms with Gasteiger partial charge >= 0.3 is 5.97 Å². The average molecular weight is 526 g/mol. The lowest BCUT2D eigenvalue weighted by Gasteiger charge is -2.32. The van der Waals surface area contributed by atoms with Crippen molar-refractivity contribution in [3.63, 3.8) is 0 Å². The number of pyridine rings is 1. The number of aromatic carboxylic acids is 1. The highest BCUT2D eigenvalue weighted by Gasteiger charge is 2.42. The number of halogens is 1. The minimum absolute atomic E-state index is 0.0694. The summed E-state index contributed by atoms with van der Waals surface area (Å²) in [6, 6.07) is 9.69. The number of imidazole rings is 1. The average Bonchev–Trinajstić information content (AvgIpc) is 3.52. The first-order chi connectivity index (χ1) is 17.3. The van der Waals surface area contributed by atoms with E-state index < -0.39 is 11.8 Å². The molecule has 0 unspecified atom stereocenters. The van der Waals surface area contributed by atoms with Crippen molar-refractivity contribution in [3.05, 3.63) is 63.6 Å². The summed E-state index contributed by atoms with van der Waals surface area (Å²) in [5.74, 6) is 0.750. The Labute approximate surface area is 216 Å². The zero-order chi connectivity index (χ0) is 25.0. The summed E-state index contributed by atoms with van der Waals surface area (Å²) in [6.07, 6.45) is 3.56. The number of likely N-dealkylation sites (tertiary alicyclic amines) is 1. The highest BCUT2D eigenvalue weighted by molar-refractivity contribution is 7.19. The molecule has 3 aromatic heterocycles. The zero-order valence-electron chi connectivity index (χ0n) is 19.8. The van der Waals surface area contributed by atoms with Crippen molar-refractivity contribution in [1.82, 2.24) is 24.4 Å². The van der Waals surface area contributed by atoms with Gasteiger partial charge in [-0.15, -0.1) is 0 Å². The Balaban J connectivity index is 1.15. The van der Waals surface area contributed by atoms with Gasteiger partial charge in [-0.2, -0.15) is 0 Å². The summed E-state index contributed by atoms with van der Waals surface area (Å²) in [6.45, 7) is 4.40. The number of aromatic nitrogens is 4. The SMILES string of the molecule is Cn1c(CN2CCC(c3cccc4c3O[C@@](C)(c3ccc(Cl)cn3)O4)CC2)nc2sc(C(=O)O)nc21. The minimum atomic E-state index is -1.02. The molecule has 0 spiro atoms. The molecule has 0 saturated carbocycles. The van der Waals surface area contributed by atoms with E-state index in [1.54, 1.807) is 12.3 Å². The number of ether oxygens (including phenoxy) is 2. The van der Waals surface area contributed by atoms with Gasteiger partial charge in [0.25, 0.3) is 5.79 Å². The van der Waals surface area contributed by atoms with E-state index in [4.69, 9.17) is 21.1 Å². The van der Waals surface area contributed by atoms with E-state index in [9.17, 15) is 9.90 Å². The van der Waals surface area contributed by atoms with Crippen molar-refractivity contribution in [2.45, 2.75) is 38.0 Å². The predicted octanol–water partition coefficient (Wildman–Crippen LogP) is 4.80. The molecule has 9 nitrogen and oxygen atoms in total. The Morgan fingerprint density at radius 1 is 1.22 bits per heavy atom. The number of nitrogens with zero attached hydrogens (tertiary/aromatic N) is 5. The van der Waals surface area contributed by atoms with Crippen LogP contribution < -0.4 is 9.47 Å². The van der Waals surface area contributed by atoms with Crippen LogP contribution in [0.15, 0.2) is 36.5 Å². The van der Waals surface area contributed by atoms with Crippen LogP contribution in [0.3, 0.4) is 0 Å². The molecule has 1 aromatic carbocycles. The topological polar surface area (TPSA) is 103 Å². The van der Waals surface area contributed by atoms with E-state index in [1.807, 2.05) is 36.7 Å². The highest BCUT2D eigenvalue weighted by Crippen LogP contribution is 2.49. The number of hydrogen-bond acceptors (Lipinski definition) is 8. The first-order valence-electron chi connectivity index (χ1n) is 11.7. The first-order valence-corrected chi connectivity index (χ1v) is 12.9. The quantitative estimate of drug-likeness (QED) is 0.396. The van der Waals surface area contributed by atoms with Crippen molar-refractivity contribution in [2.75, 3.05) is 13.1 Å². The molecule has 2 aliphatic heterocycles. The van der Waals surface area contributed by atoms with Gasteiger partial charge in [-0.3, -0.25) is 9.88 Å². The second kappa shape index (κ2) is 8.72. The fourth-order valence-corrected chi connectivity index (χ4v) is 5.90. The molecule has 36 heavy (non-hydrogen) atoms. The normalized spacial score (nSPS) is 20.3. The van der Waals surface area contributed by atoms with Crippen molar-refractivity contribution in [2.24, 2.45) is 7.05 Å². The molecule has 0 bridgehead atoms. The molecule has 186 valence electrons. The van der Waals surface area contributed by atoms with E-state index in [1.165, 1.54) is 0 Å². The second-order valence-electron chi connectivity index (χ2n) is 9.28. The predicted molar refractivity (Wildman–Crippen MR) is 135 cm³/mol. The molecule has 11 heteroatoms. The third-order valence-corrected chi connectivity index (χ3v) is 8.06. The third kappa shape index (κ3) is 3.99. The van der Waals surface area contributed by atoms with Gasteiger partial charge in [-0.1, -0.05) is 35.1 Å². The van der Waals surface area contributed by atoms with E-state index in [0.29, 0.717) is 33.7 Å². The number of rotatable bonds is 5.